The Morgan fingerprint density at radius 3 is 2.88 bits per heavy atom. The average molecular weight is 222 g/mol. The van der Waals surface area contributed by atoms with Gasteiger partial charge in [0.1, 0.15) is 11.5 Å². The molecule has 0 atom stereocenters. The molecule has 0 aromatic carbocycles. The summed E-state index contributed by atoms with van der Waals surface area (Å²) in [4.78, 5) is 20.0. The van der Waals surface area contributed by atoms with E-state index in [2.05, 4.69) is 21.4 Å². The maximum absolute atomic E-state index is 11.7. The van der Waals surface area contributed by atoms with Crippen molar-refractivity contribution in [1.29, 1.82) is 0 Å². The summed E-state index contributed by atoms with van der Waals surface area (Å²) in [5, 5.41) is 0. The number of rotatable bonds is 2. The fraction of sp³-hybridized carbons (Fsp3) is 0.636. The first kappa shape index (κ1) is 11.1. The minimum atomic E-state index is -0.0232. The van der Waals surface area contributed by atoms with Gasteiger partial charge in [0.2, 0.25) is 0 Å². The maximum atomic E-state index is 11.7. The first-order chi connectivity index (χ1) is 7.61. The van der Waals surface area contributed by atoms with Crippen molar-refractivity contribution in [3.05, 3.63) is 17.7 Å². The standard InChI is InChI=1S/C11H18N4O/c1-4-14-5-6-15-7-9(11(16)13(2)3)12-10(15)8-14/h7H,4-6,8H2,1-3H3. The Morgan fingerprint density at radius 1 is 1.50 bits per heavy atom. The van der Waals surface area contributed by atoms with Crippen LogP contribution < -0.4 is 0 Å². The minimum Gasteiger partial charge on any atom is -0.343 e. The van der Waals surface area contributed by atoms with Crippen LogP contribution in [0.4, 0.5) is 0 Å². The number of fused-ring (bicyclic) bond motifs is 1. The van der Waals surface area contributed by atoms with E-state index in [-0.39, 0.29) is 5.91 Å². The van der Waals surface area contributed by atoms with Crippen LogP contribution in [-0.2, 0) is 13.1 Å². The second-order valence-electron chi connectivity index (χ2n) is 4.30. The molecule has 0 unspecified atom stereocenters. The highest BCUT2D eigenvalue weighted by Gasteiger charge is 2.20. The molecule has 0 bridgehead atoms. The lowest BCUT2D eigenvalue weighted by atomic mass is 10.3. The van der Waals surface area contributed by atoms with Crippen molar-refractivity contribution in [1.82, 2.24) is 19.4 Å². The van der Waals surface area contributed by atoms with Crippen LogP contribution in [0.1, 0.15) is 23.2 Å². The average Bonchev–Trinajstić information content (AvgIpc) is 2.69. The van der Waals surface area contributed by atoms with Gasteiger partial charge in [0, 0.05) is 33.4 Å². The zero-order valence-electron chi connectivity index (χ0n) is 10.1. The second kappa shape index (κ2) is 4.25. The van der Waals surface area contributed by atoms with E-state index in [4.69, 9.17) is 0 Å². The third kappa shape index (κ3) is 1.95. The Kier molecular flexibility index (Phi) is 2.96. The number of nitrogens with zero attached hydrogens (tertiary/aromatic N) is 4. The van der Waals surface area contributed by atoms with Crippen LogP contribution in [0.2, 0.25) is 0 Å². The van der Waals surface area contributed by atoms with Crippen molar-refractivity contribution in [3.8, 4) is 0 Å². The summed E-state index contributed by atoms with van der Waals surface area (Å²) in [5.74, 6) is 0.975. The minimum absolute atomic E-state index is 0.0232. The monoisotopic (exact) mass is 222 g/mol. The molecule has 1 aromatic rings. The Labute approximate surface area is 95.7 Å². The molecule has 1 aliphatic rings. The molecule has 0 spiro atoms. The third-order valence-electron chi connectivity index (χ3n) is 2.95. The molecular formula is C11H18N4O. The molecular weight excluding hydrogens is 204 g/mol. The van der Waals surface area contributed by atoms with Crippen molar-refractivity contribution in [2.45, 2.75) is 20.0 Å². The van der Waals surface area contributed by atoms with E-state index in [1.54, 1.807) is 19.0 Å². The van der Waals surface area contributed by atoms with Gasteiger partial charge in [-0.05, 0) is 6.54 Å². The van der Waals surface area contributed by atoms with E-state index in [9.17, 15) is 4.79 Å². The van der Waals surface area contributed by atoms with Gasteiger partial charge in [-0.25, -0.2) is 4.98 Å². The smallest absolute Gasteiger partial charge is 0.273 e. The van der Waals surface area contributed by atoms with Crippen LogP contribution in [0, 0.1) is 0 Å². The van der Waals surface area contributed by atoms with Gasteiger partial charge >= 0.3 is 0 Å². The molecule has 5 heteroatoms. The fourth-order valence-electron chi connectivity index (χ4n) is 1.90. The topological polar surface area (TPSA) is 41.4 Å². The highest BCUT2D eigenvalue weighted by molar-refractivity contribution is 5.91. The molecule has 0 radical (unpaired) electrons. The first-order valence-corrected chi connectivity index (χ1v) is 5.62. The van der Waals surface area contributed by atoms with E-state index >= 15 is 0 Å². The molecule has 88 valence electrons. The lowest BCUT2D eigenvalue weighted by Gasteiger charge is -2.25. The Bertz CT molecular complexity index is 397. The van der Waals surface area contributed by atoms with Crippen molar-refractivity contribution in [2.24, 2.45) is 0 Å². The van der Waals surface area contributed by atoms with Crippen molar-refractivity contribution in [2.75, 3.05) is 27.2 Å². The summed E-state index contributed by atoms with van der Waals surface area (Å²) in [6.07, 6.45) is 1.87. The molecule has 0 saturated carbocycles. The molecule has 1 aliphatic heterocycles. The largest absolute Gasteiger partial charge is 0.343 e. The van der Waals surface area contributed by atoms with Gasteiger partial charge in [-0.15, -0.1) is 0 Å². The Morgan fingerprint density at radius 2 is 2.25 bits per heavy atom. The van der Waals surface area contributed by atoms with Gasteiger partial charge < -0.3 is 9.47 Å². The van der Waals surface area contributed by atoms with Crippen LogP contribution in [0.15, 0.2) is 6.20 Å². The van der Waals surface area contributed by atoms with Gasteiger partial charge in [0.05, 0.1) is 6.54 Å². The highest BCUT2D eigenvalue weighted by atomic mass is 16.2. The van der Waals surface area contributed by atoms with Gasteiger partial charge in [-0.1, -0.05) is 6.92 Å². The normalized spacial score (nSPS) is 15.9. The quantitative estimate of drug-likeness (QED) is 0.728. The number of likely N-dealkylation sites (N-methyl/N-ethyl adjacent to an activating group) is 1. The van der Waals surface area contributed by atoms with Crippen LogP contribution in [0.3, 0.4) is 0 Å². The molecule has 16 heavy (non-hydrogen) atoms. The predicted molar refractivity (Wildman–Crippen MR) is 61.2 cm³/mol. The molecule has 5 nitrogen and oxygen atoms in total. The van der Waals surface area contributed by atoms with Gasteiger partial charge in [-0.3, -0.25) is 9.69 Å². The predicted octanol–water partition coefficient (Wildman–Crippen LogP) is 0.420. The molecule has 1 amide bonds. The Balaban J connectivity index is 2.21. The summed E-state index contributed by atoms with van der Waals surface area (Å²) >= 11 is 0. The van der Waals surface area contributed by atoms with E-state index in [1.165, 1.54) is 0 Å². The second-order valence-corrected chi connectivity index (χ2v) is 4.30. The van der Waals surface area contributed by atoms with Crippen LogP contribution in [0.25, 0.3) is 0 Å². The Hall–Kier alpha value is -1.36. The van der Waals surface area contributed by atoms with E-state index in [0.717, 1.165) is 32.0 Å². The first-order valence-electron chi connectivity index (χ1n) is 5.62. The van der Waals surface area contributed by atoms with Crippen LogP contribution >= 0.6 is 0 Å². The summed E-state index contributed by atoms with van der Waals surface area (Å²) in [6, 6.07) is 0. The zero-order chi connectivity index (χ0) is 11.7. The van der Waals surface area contributed by atoms with Gasteiger partial charge in [0.15, 0.2) is 0 Å². The number of hydrogen-bond acceptors (Lipinski definition) is 3. The molecule has 0 aliphatic carbocycles. The fourth-order valence-corrected chi connectivity index (χ4v) is 1.90. The maximum Gasteiger partial charge on any atom is 0.273 e. The zero-order valence-corrected chi connectivity index (χ0v) is 10.1. The summed E-state index contributed by atoms with van der Waals surface area (Å²) in [7, 11) is 3.50. The summed E-state index contributed by atoms with van der Waals surface area (Å²) in [5.41, 5.74) is 0.554. The molecule has 0 saturated heterocycles. The number of imidazole rings is 1. The van der Waals surface area contributed by atoms with Crippen molar-refractivity contribution < 1.29 is 4.79 Å². The van der Waals surface area contributed by atoms with Crippen LogP contribution in [-0.4, -0.2) is 52.4 Å². The lowest BCUT2D eigenvalue weighted by Crippen LogP contribution is -2.33. The third-order valence-corrected chi connectivity index (χ3v) is 2.95. The number of aromatic nitrogens is 2. The van der Waals surface area contributed by atoms with Gasteiger partial charge in [-0.2, -0.15) is 0 Å². The number of carbonyl (C=O) groups is 1. The van der Waals surface area contributed by atoms with Crippen molar-refractivity contribution in [3.63, 3.8) is 0 Å². The lowest BCUT2D eigenvalue weighted by molar-refractivity contribution is 0.0822. The van der Waals surface area contributed by atoms with E-state index < -0.39 is 0 Å². The van der Waals surface area contributed by atoms with Gasteiger partial charge in [0.25, 0.3) is 5.91 Å². The SMILES string of the molecule is CCN1CCn2cc(C(=O)N(C)C)nc2C1. The number of amides is 1. The van der Waals surface area contributed by atoms with Crippen LogP contribution in [0.5, 0.6) is 0 Å². The number of carbonyl (C=O) groups excluding carboxylic acids is 1. The molecule has 2 heterocycles. The number of hydrogen-bond donors (Lipinski definition) is 0. The summed E-state index contributed by atoms with van der Waals surface area (Å²) < 4.78 is 2.09. The highest BCUT2D eigenvalue weighted by Crippen LogP contribution is 2.13. The van der Waals surface area contributed by atoms with E-state index in [1.807, 2.05) is 6.20 Å². The van der Waals surface area contributed by atoms with Crippen molar-refractivity contribution >= 4 is 5.91 Å². The summed E-state index contributed by atoms with van der Waals surface area (Å²) in [6.45, 7) is 5.98. The molecule has 2 rings (SSSR count). The molecule has 0 fully saturated rings. The van der Waals surface area contributed by atoms with E-state index in [0.29, 0.717) is 5.69 Å². The molecule has 1 aromatic heterocycles. The molecule has 0 N–H and O–H groups in total.